The molecule has 0 bridgehead atoms. The van der Waals surface area contributed by atoms with Gasteiger partial charge < -0.3 is 10.1 Å². The van der Waals surface area contributed by atoms with Crippen LogP contribution in [0.3, 0.4) is 0 Å². The number of hydrogen-bond donors (Lipinski definition) is 1. The molecule has 0 aliphatic carbocycles. The number of rotatable bonds is 8. The van der Waals surface area contributed by atoms with Crippen molar-refractivity contribution >= 4 is 15.9 Å². The molecule has 1 heterocycles. The second-order valence-electron chi connectivity index (χ2n) is 8.04. The lowest BCUT2D eigenvalue weighted by Gasteiger charge is -2.22. The molecule has 1 N–H and O–H groups in total. The van der Waals surface area contributed by atoms with Gasteiger partial charge in [-0.2, -0.15) is 4.31 Å². The van der Waals surface area contributed by atoms with Crippen molar-refractivity contribution in [3.8, 4) is 5.75 Å². The molecule has 3 rings (SSSR count). The number of nitrogens with one attached hydrogen (secondary N) is 1. The summed E-state index contributed by atoms with van der Waals surface area (Å²) in [5, 5.41) is 3.08. The van der Waals surface area contributed by atoms with Crippen molar-refractivity contribution in [2.24, 2.45) is 5.92 Å². The lowest BCUT2D eigenvalue weighted by molar-refractivity contribution is 0.0931. The molecule has 1 aliphatic heterocycles. The maximum atomic E-state index is 13.1. The zero-order valence-electron chi connectivity index (χ0n) is 17.8. The fraction of sp³-hybridized carbons (Fsp3) is 0.435. The van der Waals surface area contributed by atoms with E-state index in [1.54, 1.807) is 12.1 Å². The van der Waals surface area contributed by atoms with Gasteiger partial charge in [-0.1, -0.05) is 44.2 Å². The summed E-state index contributed by atoms with van der Waals surface area (Å²) in [5.74, 6) is 0.336. The van der Waals surface area contributed by atoms with Gasteiger partial charge in [0, 0.05) is 18.7 Å². The van der Waals surface area contributed by atoms with Gasteiger partial charge in [0.2, 0.25) is 10.0 Å². The Hall–Kier alpha value is -2.38. The molecule has 1 amide bonds. The first-order chi connectivity index (χ1) is 14.3. The fourth-order valence-corrected chi connectivity index (χ4v) is 5.46. The summed E-state index contributed by atoms with van der Waals surface area (Å²) in [6, 6.07) is 14.3. The molecule has 7 heteroatoms. The summed E-state index contributed by atoms with van der Waals surface area (Å²) in [6.45, 7) is 5.20. The van der Waals surface area contributed by atoms with Crippen LogP contribution in [0, 0.1) is 5.92 Å². The van der Waals surface area contributed by atoms with Gasteiger partial charge in [0.05, 0.1) is 13.2 Å². The highest BCUT2D eigenvalue weighted by Gasteiger charge is 2.31. The zero-order valence-corrected chi connectivity index (χ0v) is 18.6. The molecule has 0 aromatic heterocycles. The van der Waals surface area contributed by atoms with E-state index < -0.39 is 10.0 Å². The Kier molecular flexibility index (Phi) is 7.15. The summed E-state index contributed by atoms with van der Waals surface area (Å²) in [5.41, 5.74) is 1.33. The smallest absolute Gasteiger partial charge is 0.251 e. The first kappa shape index (κ1) is 22.3. The Balaban J connectivity index is 1.90. The van der Waals surface area contributed by atoms with Crippen LogP contribution in [0.25, 0.3) is 0 Å². The monoisotopic (exact) mass is 430 g/mol. The zero-order chi connectivity index (χ0) is 21.7. The fourth-order valence-electron chi connectivity index (χ4n) is 3.76. The van der Waals surface area contributed by atoms with Crippen LogP contribution >= 0.6 is 0 Å². The summed E-state index contributed by atoms with van der Waals surface area (Å²) >= 11 is 0. The number of nitrogens with zero attached hydrogens (tertiary/aromatic N) is 1. The predicted molar refractivity (Wildman–Crippen MR) is 117 cm³/mol. The first-order valence-electron chi connectivity index (χ1n) is 10.4. The molecule has 6 nitrogen and oxygen atoms in total. The van der Waals surface area contributed by atoms with Crippen molar-refractivity contribution in [1.82, 2.24) is 9.62 Å². The topological polar surface area (TPSA) is 75.7 Å². The third-order valence-electron chi connectivity index (χ3n) is 5.32. The molecule has 30 heavy (non-hydrogen) atoms. The van der Waals surface area contributed by atoms with Gasteiger partial charge in [0.1, 0.15) is 10.6 Å². The minimum atomic E-state index is -3.71. The Morgan fingerprint density at radius 2 is 1.77 bits per heavy atom. The highest BCUT2D eigenvalue weighted by molar-refractivity contribution is 7.89. The largest absolute Gasteiger partial charge is 0.495 e. The van der Waals surface area contributed by atoms with Crippen molar-refractivity contribution < 1.29 is 17.9 Å². The van der Waals surface area contributed by atoms with Gasteiger partial charge in [-0.15, -0.1) is 0 Å². The number of carbonyl (C=O) groups is 1. The predicted octanol–water partition coefficient (Wildman–Crippen LogP) is 4.00. The lowest BCUT2D eigenvalue weighted by atomic mass is 9.96. The van der Waals surface area contributed by atoms with E-state index in [9.17, 15) is 13.2 Å². The van der Waals surface area contributed by atoms with Gasteiger partial charge in [0.25, 0.3) is 5.91 Å². The van der Waals surface area contributed by atoms with E-state index in [2.05, 4.69) is 19.2 Å². The lowest BCUT2D eigenvalue weighted by Crippen LogP contribution is -2.31. The maximum Gasteiger partial charge on any atom is 0.251 e. The molecule has 162 valence electrons. The SMILES string of the molecule is COc1ccc(C(=O)NC(CC(C)C)c2ccccc2)cc1S(=O)(=O)N1CCCC1. The molecule has 1 aliphatic rings. The first-order valence-corrected chi connectivity index (χ1v) is 11.8. The summed E-state index contributed by atoms with van der Waals surface area (Å²) in [7, 11) is -2.27. The normalized spacial score (nSPS) is 15.9. The molecule has 2 aromatic rings. The number of hydrogen-bond acceptors (Lipinski definition) is 4. The number of sulfonamides is 1. The molecule has 1 unspecified atom stereocenters. The van der Waals surface area contributed by atoms with Gasteiger partial charge in [-0.3, -0.25) is 4.79 Å². The van der Waals surface area contributed by atoms with Gasteiger partial charge in [-0.05, 0) is 48.9 Å². The van der Waals surface area contributed by atoms with Crippen LogP contribution in [0.4, 0.5) is 0 Å². The number of methoxy groups -OCH3 is 1. The van der Waals surface area contributed by atoms with Crippen LogP contribution in [0.1, 0.15) is 55.1 Å². The molecule has 1 atom stereocenters. The molecule has 0 spiro atoms. The van der Waals surface area contributed by atoms with E-state index in [0.29, 0.717) is 24.6 Å². The van der Waals surface area contributed by atoms with Crippen LogP contribution in [0.2, 0.25) is 0 Å². The minimum absolute atomic E-state index is 0.0414. The standard InChI is InChI=1S/C23H30N2O4S/c1-17(2)15-20(18-9-5-4-6-10-18)24-23(26)19-11-12-21(29-3)22(16-19)30(27,28)25-13-7-8-14-25/h4-6,9-12,16-17,20H,7-8,13-15H2,1-3H3,(H,24,26). The molecule has 0 radical (unpaired) electrons. The number of amides is 1. The van der Waals surface area contributed by atoms with Crippen LogP contribution in [0.15, 0.2) is 53.4 Å². The quantitative estimate of drug-likeness (QED) is 0.687. The van der Waals surface area contributed by atoms with Crippen molar-refractivity contribution in [3.05, 3.63) is 59.7 Å². The van der Waals surface area contributed by atoms with Crippen molar-refractivity contribution in [3.63, 3.8) is 0 Å². The summed E-state index contributed by atoms with van der Waals surface area (Å²) < 4.78 is 32.9. The molecule has 0 saturated carbocycles. The third kappa shape index (κ3) is 5.02. The number of carbonyl (C=O) groups excluding carboxylic acids is 1. The van der Waals surface area contributed by atoms with Gasteiger partial charge >= 0.3 is 0 Å². The van der Waals surface area contributed by atoms with E-state index in [1.807, 2.05) is 30.3 Å². The Morgan fingerprint density at radius 3 is 2.37 bits per heavy atom. The number of ether oxygens (including phenoxy) is 1. The molecule has 1 saturated heterocycles. The second-order valence-corrected chi connectivity index (χ2v) is 9.95. The molecule has 2 aromatic carbocycles. The van der Waals surface area contributed by atoms with E-state index in [1.165, 1.54) is 17.5 Å². The second kappa shape index (κ2) is 9.62. The third-order valence-corrected chi connectivity index (χ3v) is 7.24. The Labute approximate surface area is 179 Å². The van der Waals surface area contributed by atoms with E-state index >= 15 is 0 Å². The van der Waals surface area contributed by atoms with E-state index in [-0.39, 0.29) is 22.6 Å². The minimum Gasteiger partial charge on any atom is -0.495 e. The van der Waals surface area contributed by atoms with Crippen molar-refractivity contribution in [2.75, 3.05) is 20.2 Å². The van der Waals surface area contributed by atoms with E-state index in [4.69, 9.17) is 4.74 Å². The van der Waals surface area contributed by atoms with E-state index in [0.717, 1.165) is 24.8 Å². The Bertz CT molecular complexity index is 968. The molecular weight excluding hydrogens is 400 g/mol. The Morgan fingerprint density at radius 1 is 1.10 bits per heavy atom. The van der Waals surface area contributed by atoms with Crippen LogP contribution in [-0.4, -0.2) is 38.8 Å². The van der Waals surface area contributed by atoms with Crippen LogP contribution < -0.4 is 10.1 Å². The van der Waals surface area contributed by atoms with Gasteiger partial charge in [-0.25, -0.2) is 8.42 Å². The maximum absolute atomic E-state index is 13.1. The van der Waals surface area contributed by atoms with Crippen molar-refractivity contribution in [1.29, 1.82) is 0 Å². The van der Waals surface area contributed by atoms with Gasteiger partial charge in [0.15, 0.2) is 0 Å². The number of benzene rings is 2. The summed E-state index contributed by atoms with van der Waals surface area (Å²) in [4.78, 5) is 13.1. The average molecular weight is 431 g/mol. The average Bonchev–Trinajstić information content (AvgIpc) is 3.29. The van der Waals surface area contributed by atoms with Crippen molar-refractivity contribution in [2.45, 2.75) is 44.0 Å². The highest BCUT2D eigenvalue weighted by atomic mass is 32.2. The van der Waals surface area contributed by atoms with Crippen LogP contribution in [0.5, 0.6) is 5.75 Å². The van der Waals surface area contributed by atoms with Crippen LogP contribution in [-0.2, 0) is 10.0 Å². The highest BCUT2D eigenvalue weighted by Crippen LogP contribution is 2.30. The summed E-state index contributed by atoms with van der Waals surface area (Å²) in [6.07, 6.45) is 2.47. The molecule has 1 fully saturated rings. The molecular formula is C23H30N2O4S.